The first-order valence-corrected chi connectivity index (χ1v) is 8.97. The largest absolute Gasteiger partial charge is 0.480 e. The number of carbonyl (C=O) groups excluding carboxylic acids is 2. The van der Waals surface area contributed by atoms with Crippen molar-refractivity contribution >= 4 is 30.4 Å². The van der Waals surface area contributed by atoms with Gasteiger partial charge in [-0.15, -0.1) is 0 Å². The zero-order valence-electron chi connectivity index (χ0n) is 14.2. The number of thiol groups is 1. The second-order valence-corrected chi connectivity index (χ2v) is 6.93. The Hall–Kier alpha value is -2.02. The normalized spacial score (nSPS) is 20.5. The highest BCUT2D eigenvalue weighted by Gasteiger charge is 2.34. The Balaban J connectivity index is 2.00. The Bertz CT molecular complexity index is 623. The van der Waals surface area contributed by atoms with Crippen molar-refractivity contribution in [3.05, 3.63) is 35.9 Å². The lowest BCUT2D eigenvalue weighted by atomic mass is 10.1. The maximum Gasteiger partial charge on any atom is 0.326 e. The van der Waals surface area contributed by atoms with Crippen LogP contribution in [0.2, 0.25) is 0 Å². The number of nitrogens with zero attached hydrogens (tertiary/aromatic N) is 1. The third-order valence-corrected chi connectivity index (χ3v) is 4.86. The number of hydrogen-bond donors (Lipinski definition) is 3. The first kappa shape index (κ1) is 19.3. The fourth-order valence-electron chi connectivity index (χ4n) is 2.91. The topological polar surface area (TPSA) is 86.7 Å². The third kappa shape index (κ3) is 5.22. The second-order valence-electron chi connectivity index (χ2n) is 6.31. The molecule has 0 aromatic heterocycles. The van der Waals surface area contributed by atoms with E-state index in [4.69, 9.17) is 0 Å². The summed E-state index contributed by atoms with van der Waals surface area (Å²) in [5.74, 6) is -1.69. The molecule has 7 heteroatoms. The lowest BCUT2D eigenvalue weighted by Crippen LogP contribution is -2.53. The molecule has 2 rings (SSSR count). The van der Waals surface area contributed by atoms with Crippen molar-refractivity contribution in [3.8, 4) is 0 Å². The van der Waals surface area contributed by atoms with Gasteiger partial charge in [-0.05, 0) is 38.2 Å². The molecule has 2 amide bonds. The molecule has 1 aromatic rings. The van der Waals surface area contributed by atoms with Gasteiger partial charge in [-0.25, -0.2) is 4.79 Å². The van der Waals surface area contributed by atoms with E-state index in [0.29, 0.717) is 19.4 Å². The van der Waals surface area contributed by atoms with E-state index in [1.165, 1.54) is 11.8 Å². The molecule has 0 saturated carbocycles. The highest BCUT2D eigenvalue weighted by atomic mass is 32.1. The Morgan fingerprint density at radius 3 is 2.64 bits per heavy atom. The molecule has 1 saturated heterocycles. The quantitative estimate of drug-likeness (QED) is 0.668. The molecule has 25 heavy (non-hydrogen) atoms. The lowest BCUT2D eigenvalue weighted by Gasteiger charge is -2.28. The highest BCUT2D eigenvalue weighted by molar-refractivity contribution is 7.81. The number of nitrogens with one attached hydrogen (secondary N) is 1. The number of likely N-dealkylation sites (tertiary alicyclic amines) is 1. The lowest BCUT2D eigenvalue weighted by molar-refractivity contribution is -0.150. The van der Waals surface area contributed by atoms with Crippen LogP contribution >= 0.6 is 12.6 Å². The van der Waals surface area contributed by atoms with E-state index in [9.17, 15) is 19.5 Å². The Kier molecular flexibility index (Phi) is 6.87. The Morgan fingerprint density at radius 1 is 1.32 bits per heavy atom. The van der Waals surface area contributed by atoms with Crippen molar-refractivity contribution in [2.45, 2.75) is 49.9 Å². The molecule has 0 unspecified atom stereocenters. The van der Waals surface area contributed by atoms with Gasteiger partial charge in [0.25, 0.3) is 0 Å². The van der Waals surface area contributed by atoms with E-state index in [-0.39, 0.29) is 11.8 Å². The number of aliphatic carboxylic acids is 1. The van der Waals surface area contributed by atoms with Gasteiger partial charge in [0.05, 0.1) is 5.25 Å². The van der Waals surface area contributed by atoms with Crippen LogP contribution in [0, 0.1) is 0 Å². The Morgan fingerprint density at radius 2 is 2.00 bits per heavy atom. The summed E-state index contributed by atoms with van der Waals surface area (Å²) in [6.45, 7) is 1.88. The van der Waals surface area contributed by atoms with Crippen molar-refractivity contribution in [1.82, 2.24) is 10.2 Å². The average Bonchev–Trinajstić information content (AvgIpc) is 2.77. The smallest absolute Gasteiger partial charge is 0.326 e. The summed E-state index contributed by atoms with van der Waals surface area (Å²) < 4.78 is 0. The number of amides is 2. The van der Waals surface area contributed by atoms with E-state index >= 15 is 0 Å². The average molecular weight is 364 g/mol. The maximum atomic E-state index is 12.6. The van der Waals surface area contributed by atoms with E-state index in [2.05, 4.69) is 17.9 Å². The van der Waals surface area contributed by atoms with Gasteiger partial charge in [0.15, 0.2) is 0 Å². The van der Waals surface area contributed by atoms with Crippen molar-refractivity contribution < 1.29 is 19.5 Å². The fraction of sp³-hybridized carbons (Fsp3) is 0.500. The van der Waals surface area contributed by atoms with Gasteiger partial charge in [-0.1, -0.05) is 30.3 Å². The summed E-state index contributed by atoms with van der Waals surface area (Å²) >= 11 is 4.36. The summed E-state index contributed by atoms with van der Waals surface area (Å²) in [6.07, 6.45) is 2.46. The monoisotopic (exact) mass is 364 g/mol. The van der Waals surface area contributed by atoms with E-state index in [1.54, 1.807) is 0 Å². The molecule has 0 spiro atoms. The van der Waals surface area contributed by atoms with Crippen LogP contribution in [0.3, 0.4) is 0 Å². The number of carboxylic acids is 1. The third-order valence-electron chi connectivity index (χ3n) is 4.44. The van der Waals surface area contributed by atoms with Gasteiger partial charge in [0.1, 0.15) is 12.1 Å². The van der Waals surface area contributed by atoms with Crippen LogP contribution in [0.15, 0.2) is 30.3 Å². The van der Waals surface area contributed by atoms with Crippen LogP contribution in [-0.2, 0) is 20.8 Å². The summed E-state index contributed by atoms with van der Waals surface area (Å²) in [4.78, 5) is 37.6. The first-order valence-electron chi connectivity index (χ1n) is 8.45. The van der Waals surface area contributed by atoms with Crippen LogP contribution < -0.4 is 5.32 Å². The van der Waals surface area contributed by atoms with E-state index in [1.807, 2.05) is 30.3 Å². The molecular weight excluding hydrogens is 340 g/mol. The second kappa shape index (κ2) is 8.89. The van der Waals surface area contributed by atoms with Gasteiger partial charge in [-0.3, -0.25) is 9.59 Å². The van der Waals surface area contributed by atoms with Crippen LogP contribution in [0.1, 0.15) is 31.7 Å². The van der Waals surface area contributed by atoms with E-state index < -0.39 is 23.3 Å². The minimum absolute atomic E-state index is 0.310. The molecule has 1 heterocycles. The van der Waals surface area contributed by atoms with Crippen molar-refractivity contribution in [2.24, 2.45) is 0 Å². The molecule has 1 aliphatic rings. The van der Waals surface area contributed by atoms with Crippen molar-refractivity contribution in [1.29, 1.82) is 0 Å². The number of hydrogen-bond acceptors (Lipinski definition) is 4. The molecule has 2 N–H and O–H groups in total. The van der Waals surface area contributed by atoms with Gasteiger partial charge >= 0.3 is 5.97 Å². The zero-order chi connectivity index (χ0) is 18.4. The molecular formula is C18H24N2O4S. The van der Waals surface area contributed by atoms with Crippen LogP contribution in [0.5, 0.6) is 0 Å². The number of carbonyl (C=O) groups is 3. The molecule has 0 bridgehead atoms. The molecule has 136 valence electrons. The molecule has 1 fully saturated rings. The van der Waals surface area contributed by atoms with E-state index in [0.717, 1.165) is 18.4 Å². The molecule has 0 radical (unpaired) electrons. The zero-order valence-corrected chi connectivity index (χ0v) is 15.1. The minimum Gasteiger partial charge on any atom is -0.480 e. The first-order chi connectivity index (χ1) is 11.9. The summed E-state index contributed by atoms with van der Waals surface area (Å²) in [6, 6.07) is 7.94. The molecule has 6 nitrogen and oxygen atoms in total. The van der Waals surface area contributed by atoms with Crippen molar-refractivity contribution in [3.63, 3.8) is 0 Å². The van der Waals surface area contributed by atoms with Crippen LogP contribution in [-0.4, -0.2) is 51.7 Å². The SMILES string of the molecule is C[C@@H](C(=O)O)N1CCCC[C@H](NC(=O)[C@@H](S)Cc2ccccc2)C1=O. The maximum absolute atomic E-state index is 12.6. The van der Waals surface area contributed by atoms with Crippen LogP contribution in [0.4, 0.5) is 0 Å². The van der Waals surface area contributed by atoms with Gasteiger partial charge in [0.2, 0.25) is 11.8 Å². The molecule has 0 aliphatic carbocycles. The fourth-order valence-corrected chi connectivity index (χ4v) is 3.20. The number of benzene rings is 1. The number of carboxylic acid groups (broad SMARTS) is 1. The summed E-state index contributed by atoms with van der Waals surface area (Å²) in [5.41, 5.74) is 0.992. The molecule has 3 atom stereocenters. The number of rotatable bonds is 6. The van der Waals surface area contributed by atoms with Gasteiger partial charge in [-0.2, -0.15) is 12.6 Å². The highest BCUT2D eigenvalue weighted by Crippen LogP contribution is 2.16. The standard InChI is InChI=1S/C18H24N2O4S/c1-12(18(23)24)20-10-6-5-9-14(17(20)22)19-16(21)15(25)11-13-7-3-2-4-8-13/h2-4,7-8,12,14-15,25H,5-6,9-11H2,1H3,(H,19,21)(H,23,24)/t12-,14-,15-/m0/s1. The Labute approximate surface area is 153 Å². The predicted molar refractivity (Wildman–Crippen MR) is 97.5 cm³/mol. The molecule has 1 aromatic carbocycles. The minimum atomic E-state index is -1.04. The molecule has 1 aliphatic heterocycles. The predicted octanol–water partition coefficient (Wildman–Crippen LogP) is 1.50. The van der Waals surface area contributed by atoms with Crippen LogP contribution in [0.25, 0.3) is 0 Å². The van der Waals surface area contributed by atoms with Crippen molar-refractivity contribution in [2.75, 3.05) is 6.54 Å². The summed E-state index contributed by atoms with van der Waals surface area (Å²) in [7, 11) is 0. The van der Waals surface area contributed by atoms with Gasteiger partial charge in [0, 0.05) is 6.54 Å². The van der Waals surface area contributed by atoms with Gasteiger partial charge < -0.3 is 15.3 Å². The summed E-state index contributed by atoms with van der Waals surface area (Å²) in [5, 5.41) is 11.4.